The monoisotopic (exact) mass is 302 g/mol. The van der Waals surface area contributed by atoms with Crippen molar-refractivity contribution in [2.75, 3.05) is 31.6 Å². The Morgan fingerprint density at radius 1 is 1.33 bits per heavy atom. The third-order valence-corrected chi connectivity index (χ3v) is 5.93. The number of hydrogen-bond acceptors (Lipinski definition) is 4. The molecule has 2 atom stereocenters. The van der Waals surface area contributed by atoms with Gasteiger partial charge < -0.3 is 9.47 Å². The first-order chi connectivity index (χ1) is 10.3. The predicted octanol–water partition coefficient (Wildman–Crippen LogP) is 2.92. The van der Waals surface area contributed by atoms with Crippen LogP contribution < -0.4 is 0 Å². The van der Waals surface area contributed by atoms with E-state index in [0.717, 1.165) is 17.7 Å². The Bertz CT molecular complexity index is 632. The fourth-order valence-corrected chi connectivity index (χ4v) is 4.79. The number of imidazole rings is 1. The Hall–Kier alpha value is -1.07. The van der Waals surface area contributed by atoms with Gasteiger partial charge in [-0.15, -0.1) is 0 Å². The third-order valence-electron chi connectivity index (χ3n) is 4.73. The molecule has 0 bridgehead atoms. The van der Waals surface area contributed by atoms with E-state index >= 15 is 0 Å². The van der Waals surface area contributed by atoms with Crippen LogP contribution in [-0.2, 0) is 0 Å². The number of rotatable bonds is 2. The summed E-state index contributed by atoms with van der Waals surface area (Å²) >= 11 is 2.07. The minimum Gasteiger partial charge on any atom is -0.308 e. The topological polar surface area (TPSA) is 34.0 Å². The maximum atomic E-state index is 4.97. The summed E-state index contributed by atoms with van der Waals surface area (Å²) in [6, 6.07) is 4.68. The van der Waals surface area contributed by atoms with Crippen molar-refractivity contribution in [2.24, 2.45) is 0 Å². The van der Waals surface area contributed by atoms with Gasteiger partial charge in [0, 0.05) is 30.5 Å². The van der Waals surface area contributed by atoms with E-state index in [1.54, 1.807) is 0 Å². The van der Waals surface area contributed by atoms with Crippen molar-refractivity contribution in [3.05, 3.63) is 24.2 Å². The zero-order valence-corrected chi connectivity index (χ0v) is 13.4. The van der Waals surface area contributed by atoms with Crippen molar-refractivity contribution in [3.8, 4) is 0 Å². The maximum absolute atomic E-state index is 4.97. The fourth-order valence-electron chi connectivity index (χ4n) is 3.67. The molecule has 0 radical (unpaired) electrons. The highest BCUT2D eigenvalue weighted by molar-refractivity contribution is 7.99. The van der Waals surface area contributed by atoms with Gasteiger partial charge in [0.2, 0.25) is 0 Å². The van der Waals surface area contributed by atoms with Gasteiger partial charge in [0.15, 0.2) is 5.65 Å². The molecule has 2 saturated heterocycles. The van der Waals surface area contributed by atoms with Crippen molar-refractivity contribution in [1.29, 1.82) is 0 Å². The lowest BCUT2D eigenvalue weighted by Crippen LogP contribution is -2.21. The number of aromatic nitrogens is 3. The summed E-state index contributed by atoms with van der Waals surface area (Å²) < 4.78 is 2.48. The molecule has 112 valence electrons. The van der Waals surface area contributed by atoms with E-state index in [1.807, 2.05) is 12.3 Å². The molecular weight excluding hydrogens is 280 g/mol. The molecule has 0 N–H and O–H groups in total. The minimum absolute atomic E-state index is 0.566. The van der Waals surface area contributed by atoms with Crippen LogP contribution in [0.25, 0.3) is 11.2 Å². The third kappa shape index (κ3) is 2.46. The van der Waals surface area contributed by atoms with Crippen LogP contribution in [0.4, 0.5) is 0 Å². The molecule has 4 nitrogen and oxygen atoms in total. The van der Waals surface area contributed by atoms with Crippen LogP contribution in [0.1, 0.15) is 37.0 Å². The second kappa shape index (κ2) is 5.61. The molecule has 21 heavy (non-hydrogen) atoms. The highest BCUT2D eigenvalue weighted by Crippen LogP contribution is 2.35. The quantitative estimate of drug-likeness (QED) is 0.854. The molecule has 2 aromatic heterocycles. The first kappa shape index (κ1) is 13.6. The molecule has 0 aliphatic carbocycles. The van der Waals surface area contributed by atoms with Gasteiger partial charge in [-0.2, -0.15) is 11.8 Å². The van der Waals surface area contributed by atoms with E-state index in [1.165, 1.54) is 43.1 Å². The molecule has 0 aromatic carbocycles. The lowest BCUT2D eigenvalue weighted by molar-refractivity contribution is 0.403. The van der Waals surface area contributed by atoms with Gasteiger partial charge in [0.05, 0.1) is 0 Å². The zero-order valence-electron chi connectivity index (χ0n) is 12.5. The molecular formula is C16H22N4S. The lowest BCUT2D eigenvalue weighted by atomic mass is 10.1. The molecule has 2 fully saturated rings. The summed E-state index contributed by atoms with van der Waals surface area (Å²) in [6.07, 6.45) is 5.71. The number of hydrogen-bond donors (Lipinski definition) is 0. The predicted molar refractivity (Wildman–Crippen MR) is 88.0 cm³/mol. The molecule has 0 saturated carbocycles. The second-order valence-corrected chi connectivity index (χ2v) is 7.45. The van der Waals surface area contributed by atoms with E-state index in [-0.39, 0.29) is 0 Å². The Morgan fingerprint density at radius 2 is 2.29 bits per heavy atom. The van der Waals surface area contributed by atoms with Gasteiger partial charge in [-0.1, -0.05) is 0 Å². The first-order valence-corrected chi connectivity index (χ1v) is 9.07. The zero-order chi connectivity index (χ0) is 14.2. The highest BCUT2D eigenvalue weighted by atomic mass is 32.2. The maximum Gasteiger partial charge on any atom is 0.160 e. The van der Waals surface area contributed by atoms with Crippen LogP contribution in [0, 0.1) is 0 Å². The number of nitrogens with zero attached hydrogens (tertiary/aromatic N) is 4. The number of likely N-dealkylation sites (N-methyl/N-ethyl adjacent to an activating group) is 1. The second-order valence-electron chi connectivity index (χ2n) is 6.30. The Kier molecular flexibility index (Phi) is 3.63. The van der Waals surface area contributed by atoms with Gasteiger partial charge in [0.25, 0.3) is 0 Å². The van der Waals surface area contributed by atoms with E-state index in [4.69, 9.17) is 4.98 Å². The van der Waals surface area contributed by atoms with Crippen LogP contribution in [-0.4, -0.2) is 51.1 Å². The number of pyridine rings is 1. The number of fused-ring (bicyclic) bond motifs is 1. The summed E-state index contributed by atoms with van der Waals surface area (Å²) in [7, 11) is 2.21. The van der Waals surface area contributed by atoms with Crippen molar-refractivity contribution >= 4 is 22.9 Å². The molecule has 2 aliphatic rings. The van der Waals surface area contributed by atoms with Crippen molar-refractivity contribution < 1.29 is 0 Å². The molecule has 2 aliphatic heterocycles. The van der Waals surface area contributed by atoms with Crippen molar-refractivity contribution in [2.45, 2.75) is 31.2 Å². The van der Waals surface area contributed by atoms with Gasteiger partial charge in [0.1, 0.15) is 11.3 Å². The highest BCUT2D eigenvalue weighted by Gasteiger charge is 2.30. The Balaban J connectivity index is 1.80. The molecule has 2 aromatic rings. The summed E-state index contributed by atoms with van der Waals surface area (Å²) in [5.41, 5.74) is 2.16. The van der Waals surface area contributed by atoms with Gasteiger partial charge in [-0.25, -0.2) is 9.97 Å². The summed E-state index contributed by atoms with van der Waals surface area (Å²) in [5.74, 6) is 4.35. The van der Waals surface area contributed by atoms with Crippen LogP contribution in [0.3, 0.4) is 0 Å². The van der Waals surface area contributed by atoms with Gasteiger partial charge in [-0.05, 0) is 50.7 Å². The molecule has 0 amide bonds. The van der Waals surface area contributed by atoms with E-state index in [9.17, 15) is 0 Å². The minimum atomic E-state index is 0.566. The smallest absolute Gasteiger partial charge is 0.160 e. The van der Waals surface area contributed by atoms with E-state index in [2.05, 4.69) is 39.3 Å². The molecule has 2 unspecified atom stereocenters. The van der Waals surface area contributed by atoms with Gasteiger partial charge >= 0.3 is 0 Å². The average Bonchev–Trinajstić information content (AvgIpc) is 3.11. The summed E-state index contributed by atoms with van der Waals surface area (Å²) in [4.78, 5) is 12.0. The normalized spacial score (nSPS) is 27.5. The van der Waals surface area contributed by atoms with Crippen molar-refractivity contribution in [1.82, 2.24) is 19.4 Å². The Labute approximate surface area is 129 Å². The first-order valence-electron chi connectivity index (χ1n) is 7.92. The SMILES string of the molecule is CN1CCC(c2nc3cccnc3n2C2CCCSC2)C1. The molecule has 4 heterocycles. The standard InChI is InChI=1S/C16H22N4S/c1-19-8-6-12(10-19)15-18-14-5-2-7-17-16(14)20(15)13-4-3-9-21-11-13/h2,5,7,12-13H,3-4,6,8-11H2,1H3. The van der Waals surface area contributed by atoms with E-state index < -0.39 is 0 Å². The summed E-state index contributed by atoms with van der Waals surface area (Å²) in [6.45, 7) is 2.31. The molecule has 0 spiro atoms. The number of thioether (sulfide) groups is 1. The van der Waals surface area contributed by atoms with Crippen LogP contribution >= 0.6 is 11.8 Å². The van der Waals surface area contributed by atoms with Crippen LogP contribution in [0.2, 0.25) is 0 Å². The molecule has 5 heteroatoms. The largest absolute Gasteiger partial charge is 0.308 e. The average molecular weight is 302 g/mol. The Morgan fingerprint density at radius 3 is 3.05 bits per heavy atom. The lowest BCUT2D eigenvalue weighted by Gasteiger charge is -2.26. The van der Waals surface area contributed by atoms with E-state index in [0.29, 0.717) is 12.0 Å². The van der Waals surface area contributed by atoms with Crippen LogP contribution in [0.15, 0.2) is 18.3 Å². The fraction of sp³-hybridized carbons (Fsp3) is 0.625. The molecule has 4 rings (SSSR count). The number of likely N-dealkylation sites (tertiary alicyclic amines) is 1. The van der Waals surface area contributed by atoms with Crippen LogP contribution in [0.5, 0.6) is 0 Å². The van der Waals surface area contributed by atoms with Crippen molar-refractivity contribution in [3.63, 3.8) is 0 Å². The van der Waals surface area contributed by atoms with Gasteiger partial charge in [-0.3, -0.25) is 0 Å². The summed E-state index contributed by atoms with van der Waals surface area (Å²) in [5, 5.41) is 0.